The third kappa shape index (κ3) is 8.45. The first-order chi connectivity index (χ1) is 10.3. The number of unbranched alkanes of at least 4 members (excludes halogenated alkanes) is 10. The quantitative estimate of drug-likeness (QED) is 0.500. The van der Waals surface area contributed by atoms with Crippen molar-refractivity contribution in [1.82, 2.24) is 4.90 Å². The van der Waals surface area contributed by atoms with Gasteiger partial charge in [0.1, 0.15) is 5.84 Å². The molecule has 1 rings (SSSR count). The monoisotopic (exact) mass is 295 g/mol. The molecule has 2 N–H and O–H groups in total. The summed E-state index contributed by atoms with van der Waals surface area (Å²) in [6, 6.07) is 0. The SMILES string of the molecule is CCCCCCCCCCCCCC1=NCCN1C(C)N. The van der Waals surface area contributed by atoms with Crippen LogP contribution < -0.4 is 5.73 Å². The molecule has 0 amide bonds. The summed E-state index contributed by atoms with van der Waals surface area (Å²) in [5.41, 5.74) is 5.96. The predicted octanol–water partition coefficient (Wildman–Crippen LogP) is 4.71. The summed E-state index contributed by atoms with van der Waals surface area (Å²) in [6.45, 7) is 6.30. The first kappa shape index (κ1) is 18.5. The van der Waals surface area contributed by atoms with Crippen LogP contribution in [0.2, 0.25) is 0 Å². The lowest BCUT2D eigenvalue weighted by molar-refractivity contribution is 0.358. The van der Waals surface area contributed by atoms with E-state index >= 15 is 0 Å². The fourth-order valence-corrected chi connectivity index (χ4v) is 3.12. The average Bonchev–Trinajstić information content (AvgIpc) is 2.93. The minimum absolute atomic E-state index is 0.124. The van der Waals surface area contributed by atoms with Crippen molar-refractivity contribution in [2.45, 2.75) is 97.1 Å². The highest BCUT2D eigenvalue weighted by Crippen LogP contribution is 2.14. The van der Waals surface area contributed by atoms with Gasteiger partial charge in [-0.05, 0) is 13.3 Å². The van der Waals surface area contributed by atoms with Crippen molar-refractivity contribution < 1.29 is 0 Å². The fourth-order valence-electron chi connectivity index (χ4n) is 3.12. The van der Waals surface area contributed by atoms with Crippen LogP contribution in [0.4, 0.5) is 0 Å². The lowest BCUT2D eigenvalue weighted by atomic mass is 10.1. The standard InChI is InChI=1S/C18H37N3/c1-3-4-5-6-7-8-9-10-11-12-13-14-18-20-15-16-21(18)17(2)19/h17H,3-16,19H2,1-2H3. The van der Waals surface area contributed by atoms with Crippen LogP contribution in [-0.4, -0.2) is 30.0 Å². The minimum atomic E-state index is 0.124. The number of nitrogens with zero attached hydrogens (tertiary/aromatic N) is 2. The zero-order valence-corrected chi connectivity index (χ0v) is 14.4. The maximum absolute atomic E-state index is 5.96. The summed E-state index contributed by atoms with van der Waals surface area (Å²) < 4.78 is 0. The number of hydrogen-bond acceptors (Lipinski definition) is 3. The maximum atomic E-state index is 5.96. The number of hydrogen-bond donors (Lipinski definition) is 1. The Morgan fingerprint density at radius 3 is 2.00 bits per heavy atom. The van der Waals surface area contributed by atoms with Crippen LogP contribution in [0.1, 0.15) is 90.9 Å². The third-order valence-corrected chi connectivity index (χ3v) is 4.46. The molecule has 0 aliphatic carbocycles. The Labute approximate surface area is 132 Å². The number of nitrogens with two attached hydrogens (primary N) is 1. The van der Waals surface area contributed by atoms with E-state index in [1.807, 2.05) is 0 Å². The molecule has 3 heteroatoms. The zero-order valence-electron chi connectivity index (χ0n) is 14.4. The summed E-state index contributed by atoms with van der Waals surface area (Å²) >= 11 is 0. The van der Waals surface area contributed by atoms with Crippen LogP contribution in [-0.2, 0) is 0 Å². The van der Waals surface area contributed by atoms with E-state index in [1.165, 1.54) is 76.5 Å². The zero-order chi connectivity index (χ0) is 15.3. The normalized spacial score (nSPS) is 16.3. The Hall–Kier alpha value is -0.570. The molecule has 1 aliphatic heterocycles. The number of amidine groups is 1. The molecule has 1 unspecified atom stereocenters. The predicted molar refractivity (Wildman–Crippen MR) is 93.7 cm³/mol. The van der Waals surface area contributed by atoms with Gasteiger partial charge in [-0.1, -0.05) is 71.1 Å². The molecule has 0 aromatic rings. The van der Waals surface area contributed by atoms with E-state index in [-0.39, 0.29) is 6.17 Å². The Kier molecular flexibility index (Phi) is 10.6. The van der Waals surface area contributed by atoms with E-state index < -0.39 is 0 Å². The summed E-state index contributed by atoms with van der Waals surface area (Å²) in [4.78, 5) is 6.84. The van der Waals surface area contributed by atoms with Gasteiger partial charge in [-0.3, -0.25) is 4.99 Å². The second kappa shape index (κ2) is 12.0. The largest absolute Gasteiger partial charge is 0.343 e. The summed E-state index contributed by atoms with van der Waals surface area (Å²) in [5.74, 6) is 1.25. The van der Waals surface area contributed by atoms with Gasteiger partial charge in [-0.25, -0.2) is 0 Å². The van der Waals surface area contributed by atoms with Gasteiger partial charge in [0.25, 0.3) is 0 Å². The van der Waals surface area contributed by atoms with Crippen LogP contribution >= 0.6 is 0 Å². The van der Waals surface area contributed by atoms with Gasteiger partial charge in [0, 0.05) is 13.0 Å². The highest BCUT2D eigenvalue weighted by Gasteiger charge is 2.18. The highest BCUT2D eigenvalue weighted by molar-refractivity contribution is 5.83. The second-order valence-corrected chi connectivity index (χ2v) is 6.52. The molecule has 1 atom stereocenters. The van der Waals surface area contributed by atoms with Gasteiger partial charge in [-0.2, -0.15) is 0 Å². The molecule has 0 fully saturated rings. The first-order valence-electron chi connectivity index (χ1n) is 9.31. The van der Waals surface area contributed by atoms with Gasteiger partial charge >= 0.3 is 0 Å². The van der Waals surface area contributed by atoms with Gasteiger partial charge in [0.2, 0.25) is 0 Å². The van der Waals surface area contributed by atoms with E-state index in [4.69, 9.17) is 5.73 Å². The number of rotatable bonds is 13. The molecule has 1 heterocycles. The van der Waals surface area contributed by atoms with Crippen LogP contribution in [0.15, 0.2) is 4.99 Å². The lowest BCUT2D eigenvalue weighted by Crippen LogP contribution is -2.41. The highest BCUT2D eigenvalue weighted by atomic mass is 15.3. The molecule has 0 saturated carbocycles. The van der Waals surface area contributed by atoms with Crippen LogP contribution in [0.5, 0.6) is 0 Å². The molecule has 124 valence electrons. The number of aliphatic imine (C=N–C) groups is 1. The van der Waals surface area contributed by atoms with E-state index in [1.54, 1.807) is 0 Å². The van der Waals surface area contributed by atoms with Crippen LogP contribution in [0.25, 0.3) is 0 Å². The molecule has 21 heavy (non-hydrogen) atoms. The minimum Gasteiger partial charge on any atom is -0.343 e. The van der Waals surface area contributed by atoms with E-state index in [0.717, 1.165) is 19.5 Å². The van der Waals surface area contributed by atoms with E-state index in [0.29, 0.717) is 0 Å². The van der Waals surface area contributed by atoms with Gasteiger partial charge in [-0.15, -0.1) is 0 Å². The second-order valence-electron chi connectivity index (χ2n) is 6.52. The van der Waals surface area contributed by atoms with E-state index in [9.17, 15) is 0 Å². The Bertz CT molecular complexity index is 274. The lowest BCUT2D eigenvalue weighted by Gasteiger charge is -2.24. The molecule has 3 nitrogen and oxygen atoms in total. The molecule has 0 aromatic heterocycles. The van der Waals surface area contributed by atoms with Gasteiger partial charge < -0.3 is 10.6 Å². The summed E-state index contributed by atoms with van der Waals surface area (Å²) in [6.07, 6.45) is 16.6. The third-order valence-electron chi connectivity index (χ3n) is 4.46. The van der Waals surface area contributed by atoms with E-state index in [2.05, 4.69) is 23.7 Å². The van der Waals surface area contributed by atoms with Crippen molar-refractivity contribution >= 4 is 5.84 Å². The summed E-state index contributed by atoms with van der Waals surface area (Å²) in [7, 11) is 0. The van der Waals surface area contributed by atoms with Crippen LogP contribution in [0, 0.1) is 0 Å². The Morgan fingerprint density at radius 2 is 1.48 bits per heavy atom. The van der Waals surface area contributed by atoms with Crippen molar-refractivity contribution in [3.63, 3.8) is 0 Å². The van der Waals surface area contributed by atoms with Crippen LogP contribution in [0.3, 0.4) is 0 Å². The van der Waals surface area contributed by atoms with Crippen molar-refractivity contribution in [3.8, 4) is 0 Å². The molecule has 0 spiro atoms. The Balaban J connectivity index is 1.87. The van der Waals surface area contributed by atoms with Gasteiger partial charge in [0.05, 0.1) is 12.7 Å². The van der Waals surface area contributed by atoms with Crippen molar-refractivity contribution in [2.24, 2.45) is 10.7 Å². The topological polar surface area (TPSA) is 41.6 Å². The van der Waals surface area contributed by atoms with Crippen molar-refractivity contribution in [2.75, 3.05) is 13.1 Å². The molecule has 0 saturated heterocycles. The molecular weight excluding hydrogens is 258 g/mol. The first-order valence-corrected chi connectivity index (χ1v) is 9.31. The molecule has 0 bridgehead atoms. The summed E-state index contributed by atoms with van der Waals surface area (Å²) in [5, 5.41) is 0. The maximum Gasteiger partial charge on any atom is 0.100 e. The molecule has 1 aliphatic rings. The fraction of sp³-hybridized carbons (Fsp3) is 0.944. The van der Waals surface area contributed by atoms with Gasteiger partial charge in [0.15, 0.2) is 0 Å². The Morgan fingerprint density at radius 1 is 0.952 bits per heavy atom. The van der Waals surface area contributed by atoms with Crippen molar-refractivity contribution in [1.29, 1.82) is 0 Å². The molecule has 0 aromatic carbocycles. The smallest absolute Gasteiger partial charge is 0.100 e. The molecular formula is C18H37N3. The van der Waals surface area contributed by atoms with Crippen molar-refractivity contribution in [3.05, 3.63) is 0 Å². The molecule has 0 radical (unpaired) electrons. The average molecular weight is 296 g/mol.